The van der Waals surface area contributed by atoms with Crippen molar-refractivity contribution in [2.75, 3.05) is 0 Å². The summed E-state index contributed by atoms with van der Waals surface area (Å²) in [7, 11) is 0. The van der Waals surface area contributed by atoms with Gasteiger partial charge in [-0.15, -0.1) is 0 Å². The first-order chi connectivity index (χ1) is 24.0. The summed E-state index contributed by atoms with van der Waals surface area (Å²) in [6.07, 6.45) is 21.6. The third-order valence-electron chi connectivity index (χ3n) is 6.98. The van der Waals surface area contributed by atoms with Gasteiger partial charge in [0, 0.05) is 35.8 Å². The topological polar surface area (TPSA) is 203 Å². The Hall–Kier alpha value is -6.82. The van der Waals surface area contributed by atoms with Crippen LogP contribution in [0.5, 0.6) is 51.7 Å². The Kier molecular flexibility index (Phi) is 12.1. The van der Waals surface area contributed by atoms with Crippen LogP contribution in [0.15, 0.2) is 121 Å². The monoisotopic (exact) mass is 682 g/mol. The minimum Gasteiger partial charge on any atom is -0.508 e. The third kappa shape index (κ3) is 9.38. The zero-order valence-corrected chi connectivity index (χ0v) is 26.6. The molecule has 4 rings (SSSR count). The summed E-state index contributed by atoms with van der Waals surface area (Å²) in [4.78, 5) is 25.5. The first kappa shape index (κ1) is 36.0. The Balaban J connectivity index is 1.43. The molecule has 258 valence electrons. The molecule has 1 heterocycles. The molecule has 0 aliphatic carbocycles. The van der Waals surface area contributed by atoms with Crippen molar-refractivity contribution in [2.45, 2.75) is 25.6 Å². The van der Waals surface area contributed by atoms with E-state index in [1.54, 1.807) is 24.3 Å². The Morgan fingerprint density at radius 2 is 1.22 bits per heavy atom. The minimum absolute atomic E-state index is 0.0271. The lowest BCUT2D eigenvalue weighted by Gasteiger charge is -2.34. The second-order valence-corrected chi connectivity index (χ2v) is 10.6. The van der Waals surface area contributed by atoms with E-state index in [4.69, 9.17) is 14.2 Å². The lowest BCUT2D eigenvalue weighted by molar-refractivity contribution is -0.129. The lowest BCUT2D eigenvalue weighted by atomic mass is 9.93. The van der Waals surface area contributed by atoms with Crippen molar-refractivity contribution < 1.29 is 59.5 Å². The summed E-state index contributed by atoms with van der Waals surface area (Å²) < 4.78 is 16.6. The molecule has 0 saturated heterocycles. The molecule has 0 unspecified atom stereocenters. The summed E-state index contributed by atoms with van der Waals surface area (Å²) in [6.45, 7) is 1.93. The smallest absolute Gasteiger partial charge is 0.338 e. The number of ether oxygens (including phenoxy) is 3. The highest BCUT2D eigenvalue weighted by Crippen LogP contribution is 2.46. The maximum atomic E-state index is 13.2. The first-order valence-corrected chi connectivity index (χ1v) is 15.1. The van der Waals surface area contributed by atoms with Crippen LogP contribution in [-0.4, -0.2) is 53.8 Å². The van der Waals surface area contributed by atoms with Crippen molar-refractivity contribution in [3.8, 4) is 51.7 Å². The molecule has 0 fully saturated rings. The lowest BCUT2D eigenvalue weighted by Crippen LogP contribution is -2.34. The van der Waals surface area contributed by atoms with Crippen LogP contribution in [0.3, 0.4) is 0 Å². The van der Waals surface area contributed by atoms with Crippen molar-refractivity contribution in [3.63, 3.8) is 0 Å². The SMILES string of the molecule is C/C=C/C=C/C=C/C=C/C=C/C=C/C=C/C(=O)Oc1c(O)cc(C(=O)O[C@@H]2Cc3c(O)cc(O)cc3O[C@@H]2c2cc(O)c(O)c(O)c2)cc1O. The summed E-state index contributed by atoms with van der Waals surface area (Å²) >= 11 is 0. The molecular weight excluding hydrogens is 648 g/mol. The van der Waals surface area contributed by atoms with Gasteiger partial charge < -0.3 is 50.0 Å². The van der Waals surface area contributed by atoms with E-state index in [2.05, 4.69) is 0 Å². The van der Waals surface area contributed by atoms with Crippen LogP contribution in [0, 0.1) is 0 Å². The average molecular weight is 683 g/mol. The number of carbonyl (C=O) groups excluding carboxylic acids is 2. The number of hydrogen-bond acceptors (Lipinski definition) is 12. The van der Waals surface area contributed by atoms with Gasteiger partial charge in [-0.2, -0.15) is 0 Å². The van der Waals surface area contributed by atoms with E-state index < -0.39 is 58.6 Å². The molecule has 12 heteroatoms. The van der Waals surface area contributed by atoms with Crippen LogP contribution in [-0.2, 0) is 16.0 Å². The highest BCUT2D eigenvalue weighted by Gasteiger charge is 2.37. The molecular formula is C38H34O12. The highest BCUT2D eigenvalue weighted by molar-refractivity contribution is 5.92. The van der Waals surface area contributed by atoms with Gasteiger partial charge in [0.15, 0.2) is 34.9 Å². The quantitative estimate of drug-likeness (QED) is 0.0389. The van der Waals surface area contributed by atoms with Gasteiger partial charge in [-0.1, -0.05) is 79.0 Å². The summed E-state index contributed by atoms with van der Waals surface area (Å²) in [6, 6.07) is 6.22. The number of allylic oxidation sites excluding steroid dienone is 13. The molecule has 0 spiro atoms. The number of benzene rings is 3. The molecule has 3 aromatic rings. The zero-order valence-electron chi connectivity index (χ0n) is 26.6. The number of phenols is 7. The van der Waals surface area contributed by atoms with E-state index >= 15 is 0 Å². The Labute approximate surface area is 286 Å². The number of hydrogen-bond donors (Lipinski definition) is 7. The maximum Gasteiger partial charge on any atom is 0.338 e. The van der Waals surface area contributed by atoms with E-state index in [1.165, 1.54) is 12.1 Å². The number of fused-ring (bicyclic) bond motifs is 1. The molecule has 3 aromatic carbocycles. The van der Waals surface area contributed by atoms with Crippen molar-refractivity contribution in [1.82, 2.24) is 0 Å². The fraction of sp³-hybridized carbons (Fsp3) is 0.105. The van der Waals surface area contributed by atoms with Gasteiger partial charge in [-0.3, -0.25) is 0 Å². The predicted molar refractivity (Wildman–Crippen MR) is 183 cm³/mol. The summed E-state index contributed by atoms with van der Waals surface area (Å²) in [5.74, 6) is -6.94. The minimum atomic E-state index is -1.24. The van der Waals surface area contributed by atoms with E-state index in [0.717, 1.165) is 36.4 Å². The predicted octanol–water partition coefficient (Wildman–Crippen LogP) is 6.35. The molecule has 12 nitrogen and oxygen atoms in total. The van der Waals surface area contributed by atoms with Gasteiger partial charge in [0.05, 0.1) is 5.56 Å². The van der Waals surface area contributed by atoms with Gasteiger partial charge in [0.25, 0.3) is 0 Å². The van der Waals surface area contributed by atoms with Crippen LogP contribution < -0.4 is 9.47 Å². The van der Waals surface area contributed by atoms with E-state index in [1.807, 2.05) is 55.5 Å². The van der Waals surface area contributed by atoms with Gasteiger partial charge in [0.1, 0.15) is 23.4 Å². The fourth-order valence-electron chi connectivity index (χ4n) is 4.67. The maximum absolute atomic E-state index is 13.2. The molecule has 0 bridgehead atoms. The van der Waals surface area contributed by atoms with E-state index in [9.17, 15) is 45.3 Å². The second-order valence-electron chi connectivity index (χ2n) is 10.6. The number of phenolic OH excluding ortho intramolecular Hbond substituents is 7. The van der Waals surface area contributed by atoms with E-state index in [-0.39, 0.29) is 40.4 Å². The van der Waals surface area contributed by atoms with Crippen LogP contribution in [0.4, 0.5) is 0 Å². The summed E-state index contributed by atoms with van der Waals surface area (Å²) in [5.41, 5.74) is -0.120. The average Bonchev–Trinajstić information content (AvgIpc) is 3.07. The van der Waals surface area contributed by atoms with Gasteiger partial charge in [-0.25, -0.2) is 9.59 Å². The first-order valence-electron chi connectivity index (χ1n) is 15.1. The van der Waals surface area contributed by atoms with Crippen molar-refractivity contribution in [1.29, 1.82) is 0 Å². The molecule has 0 aromatic heterocycles. The van der Waals surface area contributed by atoms with Crippen LogP contribution >= 0.6 is 0 Å². The number of esters is 2. The van der Waals surface area contributed by atoms with E-state index in [0.29, 0.717) is 0 Å². The molecule has 0 radical (unpaired) electrons. The normalized spacial score (nSPS) is 16.3. The number of aromatic hydroxyl groups is 7. The second kappa shape index (κ2) is 16.8. The molecule has 1 aliphatic rings. The molecule has 1 aliphatic heterocycles. The largest absolute Gasteiger partial charge is 0.508 e. The third-order valence-corrected chi connectivity index (χ3v) is 6.98. The molecule has 7 N–H and O–H groups in total. The number of rotatable bonds is 11. The van der Waals surface area contributed by atoms with Crippen LogP contribution in [0.25, 0.3) is 0 Å². The zero-order chi connectivity index (χ0) is 36.2. The fourth-order valence-corrected chi connectivity index (χ4v) is 4.67. The highest BCUT2D eigenvalue weighted by atomic mass is 16.6. The van der Waals surface area contributed by atoms with Crippen molar-refractivity contribution >= 4 is 11.9 Å². The molecule has 0 amide bonds. The molecule has 0 saturated carbocycles. The standard InChI is InChI=1S/C38H34O12/c1-2-3-4-5-6-7-8-9-10-11-12-13-14-15-34(45)50-37-30(43)18-24(19-31(37)44)38(47)49-33-22-26-27(40)20-25(39)21-32(26)48-36(33)23-16-28(41)35(46)29(42)17-23/h2-21,33,36,39-44,46H,22H2,1H3/b3-2+,5-4+,7-6+,9-8+,11-10+,13-12+,15-14+/t33-,36-/m1/s1. The van der Waals surface area contributed by atoms with Gasteiger partial charge in [0.2, 0.25) is 5.75 Å². The van der Waals surface area contributed by atoms with Gasteiger partial charge >= 0.3 is 11.9 Å². The Morgan fingerprint density at radius 1 is 0.680 bits per heavy atom. The summed E-state index contributed by atoms with van der Waals surface area (Å²) in [5, 5.41) is 71.3. The van der Waals surface area contributed by atoms with Crippen molar-refractivity contribution in [3.05, 3.63) is 138 Å². The van der Waals surface area contributed by atoms with Crippen molar-refractivity contribution in [2.24, 2.45) is 0 Å². The van der Waals surface area contributed by atoms with Gasteiger partial charge in [-0.05, 0) is 31.2 Å². The molecule has 50 heavy (non-hydrogen) atoms. The number of carbonyl (C=O) groups is 2. The Morgan fingerprint density at radius 3 is 1.78 bits per heavy atom. The Bertz CT molecular complexity index is 1900. The van der Waals surface area contributed by atoms with Crippen LogP contribution in [0.2, 0.25) is 0 Å². The molecule has 2 atom stereocenters. The van der Waals surface area contributed by atoms with Crippen LogP contribution in [0.1, 0.15) is 34.5 Å².